The highest BCUT2D eigenvalue weighted by molar-refractivity contribution is 5.61. The Balaban J connectivity index is 2.02. The molecule has 0 amide bonds. The van der Waals surface area contributed by atoms with E-state index < -0.39 is 0 Å². The standard InChI is InChI=1S/C17H25N3O/c1-3-14-6-8-20(13-14)17-5-4-15(10-16(17)11-18)12-19-7-9-21-2/h4-5,10,14,19H,3,6-9,12-13H2,1-2H3. The van der Waals surface area contributed by atoms with Crippen LogP contribution in [0.2, 0.25) is 0 Å². The summed E-state index contributed by atoms with van der Waals surface area (Å²) in [7, 11) is 1.70. The monoisotopic (exact) mass is 287 g/mol. The SMILES string of the molecule is CCC1CCN(c2ccc(CNCCOC)cc2C#N)C1. The van der Waals surface area contributed by atoms with Crippen LogP contribution in [0.25, 0.3) is 0 Å². The number of nitrogens with zero attached hydrogens (tertiary/aromatic N) is 2. The lowest BCUT2D eigenvalue weighted by atomic mass is 10.1. The van der Waals surface area contributed by atoms with Gasteiger partial charge in [0.05, 0.1) is 17.9 Å². The van der Waals surface area contributed by atoms with Gasteiger partial charge in [0.2, 0.25) is 0 Å². The molecule has 1 atom stereocenters. The molecule has 1 saturated heterocycles. The van der Waals surface area contributed by atoms with E-state index in [1.165, 1.54) is 12.8 Å². The van der Waals surface area contributed by atoms with Gasteiger partial charge in [0.15, 0.2) is 0 Å². The topological polar surface area (TPSA) is 48.3 Å². The molecule has 1 N–H and O–H groups in total. The molecule has 1 aromatic rings. The van der Waals surface area contributed by atoms with Gasteiger partial charge in [0.1, 0.15) is 6.07 Å². The van der Waals surface area contributed by atoms with E-state index in [1.807, 2.05) is 6.07 Å². The Bertz CT molecular complexity index is 495. The summed E-state index contributed by atoms with van der Waals surface area (Å²) in [5.41, 5.74) is 3.03. The van der Waals surface area contributed by atoms with Crippen LogP contribution in [0.15, 0.2) is 18.2 Å². The van der Waals surface area contributed by atoms with Crippen LogP contribution in [0, 0.1) is 17.2 Å². The third kappa shape index (κ3) is 4.20. The zero-order valence-electron chi connectivity index (χ0n) is 13.1. The van der Waals surface area contributed by atoms with Crippen LogP contribution in [0.4, 0.5) is 5.69 Å². The van der Waals surface area contributed by atoms with Crippen molar-refractivity contribution in [1.82, 2.24) is 5.32 Å². The number of hydrogen-bond acceptors (Lipinski definition) is 4. The van der Waals surface area contributed by atoms with Gasteiger partial charge in [-0.3, -0.25) is 0 Å². The van der Waals surface area contributed by atoms with Crippen LogP contribution in [0.3, 0.4) is 0 Å². The van der Waals surface area contributed by atoms with Gasteiger partial charge in [-0.05, 0) is 30.0 Å². The quantitative estimate of drug-likeness (QED) is 0.783. The Hall–Kier alpha value is -1.57. The van der Waals surface area contributed by atoms with Crippen molar-refractivity contribution in [3.05, 3.63) is 29.3 Å². The smallest absolute Gasteiger partial charge is 0.101 e. The maximum Gasteiger partial charge on any atom is 0.101 e. The summed E-state index contributed by atoms with van der Waals surface area (Å²) < 4.78 is 5.01. The Morgan fingerprint density at radius 2 is 2.33 bits per heavy atom. The molecule has 0 spiro atoms. The second-order valence-corrected chi connectivity index (χ2v) is 5.64. The van der Waals surface area contributed by atoms with Crippen LogP contribution in [-0.4, -0.2) is 33.4 Å². The van der Waals surface area contributed by atoms with E-state index in [0.717, 1.165) is 48.9 Å². The molecule has 0 aromatic heterocycles. The van der Waals surface area contributed by atoms with Crippen molar-refractivity contribution < 1.29 is 4.74 Å². The molecule has 2 rings (SSSR count). The molecule has 0 radical (unpaired) electrons. The molecule has 1 heterocycles. The van der Waals surface area contributed by atoms with Crippen molar-refractivity contribution in [2.45, 2.75) is 26.3 Å². The van der Waals surface area contributed by atoms with Gasteiger partial charge in [0, 0.05) is 33.3 Å². The summed E-state index contributed by atoms with van der Waals surface area (Å²) >= 11 is 0. The molecule has 0 bridgehead atoms. The number of anilines is 1. The first-order valence-corrected chi connectivity index (χ1v) is 7.76. The number of rotatable bonds is 7. The van der Waals surface area contributed by atoms with Gasteiger partial charge in [-0.2, -0.15) is 5.26 Å². The molecule has 0 aliphatic carbocycles. The van der Waals surface area contributed by atoms with Crippen LogP contribution in [0.1, 0.15) is 30.9 Å². The molecule has 4 nitrogen and oxygen atoms in total. The fourth-order valence-corrected chi connectivity index (χ4v) is 2.85. The molecule has 1 fully saturated rings. The first kappa shape index (κ1) is 15.8. The van der Waals surface area contributed by atoms with E-state index in [9.17, 15) is 5.26 Å². The van der Waals surface area contributed by atoms with E-state index >= 15 is 0 Å². The predicted molar refractivity (Wildman–Crippen MR) is 85.4 cm³/mol. The second-order valence-electron chi connectivity index (χ2n) is 5.64. The summed E-state index contributed by atoms with van der Waals surface area (Å²) in [6.07, 6.45) is 2.46. The number of hydrogen-bond donors (Lipinski definition) is 1. The van der Waals surface area contributed by atoms with Crippen molar-refractivity contribution in [2.75, 3.05) is 38.3 Å². The van der Waals surface area contributed by atoms with Crippen molar-refractivity contribution in [1.29, 1.82) is 5.26 Å². The van der Waals surface area contributed by atoms with E-state index in [1.54, 1.807) is 7.11 Å². The molecule has 1 unspecified atom stereocenters. The summed E-state index contributed by atoms with van der Waals surface area (Å²) in [4.78, 5) is 2.36. The van der Waals surface area contributed by atoms with Crippen molar-refractivity contribution in [2.24, 2.45) is 5.92 Å². The highest BCUT2D eigenvalue weighted by Crippen LogP contribution is 2.28. The van der Waals surface area contributed by atoms with Crippen LogP contribution < -0.4 is 10.2 Å². The first-order valence-electron chi connectivity index (χ1n) is 7.76. The lowest BCUT2D eigenvalue weighted by Gasteiger charge is -2.20. The van der Waals surface area contributed by atoms with Gasteiger partial charge >= 0.3 is 0 Å². The lowest BCUT2D eigenvalue weighted by Crippen LogP contribution is -2.21. The average Bonchev–Trinajstić information content (AvgIpc) is 3.00. The van der Waals surface area contributed by atoms with Crippen molar-refractivity contribution in [3.8, 4) is 6.07 Å². The zero-order valence-corrected chi connectivity index (χ0v) is 13.1. The molecular weight excluding hydrogens is 262 g/mol. The fourth-order valence-electron chi connectivity index (χ4n) is 2.85. The molecule has 0 saturated carbocycles. The van der Waals surface area contributed by atoms with E-state index in [4.69, 9.17) is 4.74 Å². The summed E-state index contributed by atoms with van der Waals surface area (Å²) in [6.45, 7) is 6.69. The van der Waals surface area contributed by atoms with E-state index in [0.29, 0.717) is 6.61 Å². The van der Waals surface area contributed by atoms with Crippen molar-refractivity contribution in [3.63, 3.8) is 0 Å². The van der Waals surface area contributed by atoms with Crippen molar-refractivity contribution >= 4 is 5.69 Å². The van der Waals surface area contributed by atoms with Gasteiger partial charge in [0.25, 0.3) is 0 Å². The first-order chi connectivity index (χ1) is 10.3. The third-order valence-corrected chi connectivity index (χ3v) is 4.20. The van der Waals surface area contributed by atoms with Crippen LogP contribution >= 0.6 is 0 Å². The lowest BCUT2D eigenvalue weighted by molar-refractivity contribution is 0.199. The maximum absolute atomic E-state index is 9.42. The van der Waals surface area contributed by atoms with Gasteiger partial charge < -0.3 is 15.0 Å². The number of methoxy groups -OCH3 is 1. The van der Waals surface area contributed by atoms with Gasteiger partial charge in [-0.1, -0.05) is 19.4 Å². The Labute approximate surface area is 127 Å². The normalized spacial score (nSPS) is 18.0. The minimum absolute atomic E-state index is 0.704. The molecule has 1 aromatic carbocycles. The van der Waals surface area contributed by atoms with Crippen LogP contribution in [-0.2, 0) is 11.3 Å². The van der Waals surface area contributed by atoms with E-state index in [2.05, 4.69) is 35.3 Å². The Kier molecular flexibility index (Phi) is 6.04. The fraction of sp³-hybridized carbons (Fsp3) is 0.588. The number of nitrogens with one attached hydrogen (secondary N) is 1. The van der Waals surface area contributed by atoms with Gasteiger partial charge in [-0.25, -0.2) is 0 Å². The Morgan fingerprint density at radius 1 is 1.48 bits per heavy atom. The minimum Gasteiger partial charge on any atom is -0.383 e. The molecule has 1 aliphatic rings. The molecule has 21 heavy (non-hydrogen) atoms. The van der Waals surface area contributed by atoms with E-state index in [-0.39, 0.29) is 0 Å². The highest BCUT2D eigenvalue weighted by atomic mass is 16.5. The Morgan fingerprint density at radius 3 is 3.00 bits per heavy atom. The summed E-state index contributed by atoms with van der Waals surface area (Å²) in [6, 6.07) is 8.58. The maximum atomic E-state index is 9.42. The third-order valence-electron chi connectivity index (χ3n) is 4.20. The molecule has 4 heteroatoms. The zero-order chi connectivity index (χ0) is 15.1. The number of nitriles is 1. The largest absolute Gasteiger partial charge is 0.383 e. The second kappa shape index (κ2) is 8.02. The highest BCUT2D eigenvalue weighted by Gasteiger charge is 2.22. The molecule has 1 aliphatic heterocycles. The van der Waals surface area contributed by atoms with Gasteiger partial charge in [-0.15, -0.1) is 0 Å². The minimum atomic E-state index is 0.704. The summed E-state index contributed by atoms with van der Waals surface area (Å²) in [5, 5.41) is 12.7. The number of benzene rings is 1. The summed E-state index contributed by atoms with van der Waals surface area (Å²) in [5.74, 6) is 0.770. The van der Waals surface area contributed by atoms with Crippen LogP contribution in [0.5, 0.6) is 0 Å². The number of ether oxygens (including phenoxy) is 1. The molecular formula is C17H25N3O. The predicted octanol–water partition coefficient (Wildman–Crippen LogP) is 2.53. The average molecular weight is 287 g/mol. The molecule has 114 valence electrons.